The highest BCUT2D eigenvalue weighted by Crippen LogP contribution is 2.12. The van der Waals surface area contributed by atoms with Gasteiger partial charge >= 0.3 is 5.97 Å². The van der Waals surface area contributed by atoms with E-state index in [1.165, 1.54) is 4.90 Å². The maximum Gasteiger partial charge on any atom is 0.305 e. The fourth-order valence-electron chi connectivity index (χ4n) is 2.11. The van der Waals surface area contributed by atoms with Gasteiger partial charge in [-0.15, -0.1) is 0 Å². The van der Waals surface area contributed by atoms with Crippen LogP contribution in [0.3, 0.4) is 0 Å². The summed E-state index contributed by atoms with van der Waals surface area (Å²) in [5.41, 5.74) is 0.488. The summed E-state index contributed by atoms with van der Waals surface area (Å²) < 4.78 is 0. The molecule has 0 aliphatic carbocycles. The third kappa shape index (κ3) is 5.73. The van der Waals surface area contributed by atoms with Gasteiger partial charge in [-0.25, -0.2) is 0 Å². The molecule has 0 saturated carbocycles. The second-order valence-corrected chi connectivity index (χ2v) is 5.61. The molecule has 1 aromatic carbocycles. The van der Waals surface area contributed by atoms with Gasteiger partial charge in [-0.3, -0.25) is 14.4 Å². The fourth-order valence-corrected chi connectivity index (χ4v) is 2.11. The molecule has 1 aromatic rings. The van der Waals surface area contributed by atoms with Gasteiger partial charge in [0.2, 0.25) is 5.91 Å². The summed E-state index contributed by atoms with van der Waals surface area (Å²) in [4.78, 5) is 36.8. The molecule has 6 heteroatoms. The Hall–Kier alpha value is -2.37. The van der Waals surface area contributed by atoms with E-state index in [1.807, 2.05) is 19.9 Å². The number of nitrogens with zero attached hydrogens (tertiary/aromatic N) is 1. The van der Waals surface area contributed by atoms with Crippen LogP contribution >= 0.6 is 0 Å². The summed E-state index contributed by atoms with van der Waals surface area (Å²) in [7, 11) is 1.55. The molecule has 23 heavy (non-hydrogen) atoms. The van der Waals surface area contributed by atoms with Crippen LogP contribution in [0, 0.1) is 5.92 Å². The molecular formula is C17H24N2O4. The average Bonchev–Trinajstić information content (AvgIpc) is 2.56. The van der Waals surface area contributed by atoms with Crippen molar-refractivity contribution in [3.63, 3.8) is 0 Å². The zero-order valence-corrected chi connectivity index (χ0v) is 13.8. The van der Waals surface area contributed by atoms with Crippen LogP contribution in [0.25, 0.3) is 0 Å². The molecule has 2 amide bonds. The Morgan fingerprint density at radius 1 is 1.22 bits per heavy atom. The minimum absolute atomic E-state index is 0.0533. The molecule has 0 aromatic heterocycles. The average molecular weight is 320 g/mol. The van der Waals surface area contributed by atoms with Gasteiger partial charge in [0.25, 0.3) is 5.91 Å². The quantitative estimate of drug-likeness (QED) is 0.764. The Bertz CT molecular complexity index is 545. The predicted octanol–water partition coefficient (Wildman–Crippen LogP) is 1.76. The molecule has 6 nitrogen and oxygen atoms in total. The van der Waals surface area contributed by atoms with Gasteiger partial charge in [-0.05, 0) is 18.1 Å². The first-order valence-corrected chi connectivity index (χ1v) is 7.69. The highest BCUT2D eigenvalue weighted by atomic mass is 16.4. The lowest BCUT2D eigenvalue weighted by Gasteiger charge is -2.28. The van der Waals surface area contributed by atoms with Crippen molar-refractivity contribution in [2.75, 3.05) is 13.6 Å². The molecule has 126 valence electrons. The van der Waals surface area contributed by atoms with Crippen LogP contribution in [0.5, 0.6) is 0 Å². The number of benzene rings is 1. The molecule has 0 bridgehead atoms. The lowest BCUT2D eigenvalue weighted by molar-refractivity contribution is -0.138. The molecule has 0 saturated heterocycles. The first kappa shape index (κ1) is 18.7. The Kier molecular flexibility index (Phi) is 7.25. The highest BCUT2D eigenvalue weighted by Gasteiger charge is 2.28. The standard InChI is InChI=1S/C17H24N2O4/c1-4-12(2)15(17(23)19(3)11-10-14(20)21)18-16(22)13-8-6-5-7-9-13/h5-9,12,15H,4,10-11H2,1-3H3,(H,18,22)(H,20,21). The number of aliphatic carboxylic acids is 1. The van der Waals surface area contributed by atoms with E-state index in [4.69, 9.17) is 5.11 Å². The Morgan fingerprint density at radius 2 is 1.83 bits per heavy atom. The Morgan fingerprint density at radius 3 is 2.35 bits per heavy atom. The maximum absolute atomic E-state index is 12.5. The van der Waals surface area contributed by atoms with Gasteiger partial charge in [0, 0.05) is 19.2 Å². The summed E-state index contributed by atoms with van der Waals surface area (Å²) in [6, 6.07) is 8.02. The molecule has 2 atom stereocenters. The fraction of sp³-hybridized carbons (Fsp3) is 0.471. The van der Waals surface area contributed by atoms with E-state index in [0.717, 1.165) is 6.42 Å². The topological polar surface area (TPSA) is 86.7 Å². The van der Waals surface area contributed by atoms with Crippen molar-refractivity contribution in [1.82, 2.24) is 10.2 Å². The summed E-state index contributed by atoms with van der Waals surface area (Å²) in [5.74, 6) is -1.60. The lowest BCUT2D eigenvalue weighted by atomic mass is 9.97. The summed E-state index contributed by atoms with van der Waals surface area (Å²) in [6.45, 7) is 3.94. The first-order chi connectivity index (χ1) is 10.9. The van der Waals surface area contributed by atoms with Crippen molar-refractivity contribution >= 4 is 17.8 Å². The van der Waals surface area contributed by atoms with Crippen molar-refractivity contribution in [3.05, 3.63) is 35.9 Å². The SMILES string of the molecule is CCC(C)C(NC(=O)c1ccccc1)C(=O)N(C)CCC(=O)O. The number of carboxylic acids is 1. The third-order valence-electron chi connectivity index (χ3n) is 3.84. The van der Waals surface area contributed by atoms with Crippen LogP contribution in [0.15, 0.2) is 30.3 Å². The smallest absolute Gasteiger partial charge is 0.305 e. The summed E-state index contributed by atoms with van der Waals surface area (Å²) in [5, 5.41) is 11.5. The van der Waals surface area contributed by atoms with E-state index in [0.29, 0.717) is 5.56 Å². The number of rotatable bonds is 8. The number of carbonyl (C=O) groups excluding carboxylic acids is 2. The molecule has 0 heterocycles. The third-order valence-corrected chi connectivity index (χ3v) is 3.84. The van der Waals surface area contributed by atoms with Gasteiger partial charge < -0.3 is 15.3 Å². The van der Waals surface area contributed by atoms with Gasteiger partial charge in [0.1, 0.15) is 6.04 Å². The zero-order valence-electron chi connectivity index (χ0n) is 13.8. The molecule has 0 spiro atoms. The van der Waals surface area contributed by atoms with Crippen LogP contribution < -0.4 is 5.32 Å². The van der Waals surface area contributed by atoms with Crippen molar-refractivity contribution in [3.8, 4) is 0 Å². The number of amides is 2. The van der Waals surface area contributed by atoms with Gasteiger partial charge in [-0.1, -0.05) is 38.5 Å². The number of nitrogens with one attached hydrogen (secondary N) is 1. The number of likely N-dealkylation sites (N-methyl/N-ethyl adjacent to an activating group) is 1. The Balaban J connectivity index is 2.81. The van der Waals surface area contributed by atoms with Crippen molar-refractivity contribution in [2.45, 2.75) is 32.7 Å². The van der Waals surface area contributed by atoms with Crippen LogP contribution in [0.4, 0.5) is 0 Å². The van der Waals surface area contributed by atoms with E-state index < -0.39 is 12.0 Å². The molecule has 0 aliphatic heterocycles. The van der Waals surface area contributed by atoms with E-state index in [2.05, 4.69) is 5.32 Å². The van der Waals surface area contributed by atoms with Crippen molar-refractivity contribution < 1.29 is 19.5 Å². The van der Waals surface area contributed by atoms with Crippen molar-refractivity contribution in [1.29, 1.82) is 0 Å². The molecular weight excluding hydrogens is 296 g/mol. The maximum atomic E-state index is 12.5. The highest BCUT2D eigenvalue weighted by molar-refractivity contribution is 5.97. The molecule has 0 fully saturated rings. The van der Waals surface area contributed by atoms with Crippen molar-refractivity contribution in [2.24, 2.45) is 5.92 Å². The number of carboxylic acid groups (broad SMARTS) is 1. The number of hydrogen-bond acceptors (Lipinski definition) is 3. The molecule has 2 unspecified atom stereocenters. The molecule has 0 radical (unpaired) electrons. The van der Waals surface area contributed by atoms with Crippen LogP contribution in [0.2, 0.25) is 0 Å². The molecule has 0 aliphatic rings. The predicted molar refractivity (Wildman–Crippen MR) is 87.0 cm³/mol. The van der Waals surface area contributed by atoms with Crippen LogP contribution in [-0.4, -0.2) is 47.4 Å². The van der Waals surface area contributed by atoms with Gasteiger partial charge in [-0.2, -0.15) is 0 Å². The zero-order chi connectivity index (χ0) is 17.4. The van der Waals surface area contributed by atoms with E-state index >= 15 is 0 Å². The molecule has 1 rings (SSSR count). The first-order valence-electron chi connectivity index (χ1n) is 7.69. The number of carbonyl (C=O) groups is 3. The van der Waals surface area contributed by atoms with E-state index in [9.17, 15) is 14.4 Å². The van der Waals surface area contributed by atoms with Crippen LogP contribution in [-0.2, 0) is 9.59 Å². The largest absolute Gasteiger partial charge is 0.481 e. The molecule has 2 N–H and O–H groups in total. The second-order valence-electron chi connectivity index (χ2n) is 5.61. The van der Waals surface area contributed by atoms with Gasteiger partial charge in [0.15, 0.2) is 0 Å². The van der Waals surface area contributed by atoms with Crippen LogP contribution in [0.1, 0.15) is 37.0 Å². The minimum atomic E-state index is -0.960. The summed E-state index contributed by atoms with van der Waals surface area (Å²) >= 11 is 0. The van der Waals surface area contributed by atoms with E-state index in [1.54, 1.807) is 31.3 Å². The second kappa shape index (κ2) is 8.92. The Labute approximate surface area is 136 Å². The van der Waals surface area contributed by atoms with Gasteiger partial charge in [0.05, 0.1) is 6.42 Å². The minimum Gasteiger partial charge on any atom is -0.481 e. The monoisotopic (exact) mass is 320 g/mol. The number of hydrogen-bond donors (Lipinski definition) is 2. The lowest BCUT2D eigenvalue weighted by Crippen LogP contribution is -2.51. The normalized spacial score (nSPS) is 13.0. The van der Waals surface area contributed by atoms with E-state index in [-0.39, 0.29) is 30.7 Å². The summed E-state index contributed by atoms with van der Waals surface area (Å²) in [6.07, 6.45) is 0.598.